The molecule has 5 nitrogen and oxygen atoms in total. The van der Waals surface area contributed by atoms with Gasteiger partial charge in [0, 0.05) is 20.9 Å². The average molecular weight is 547 g/mol. The number of carbonyl (C=O) groups is 1. The number of carbonyl (C=O) groups excluding carboxylic acids is 1. The molecule has 158 valence electrons. The standard InChI is InChI=1S/C23H19FIN3O2S/c1-13(2)22(29)27-18-8-5-15(9-17(18)24)20-10-19-21(31-20)23(30)26-12-28(19)11-14-3-6-16(25)7-4-14/h3-10,12-13H,11H2,1-2H3,(H,27,29). The fourth-order valence-electron chi connectivity index (χ4n) is 3.09. The molecule has 1 amide bonds. The minimum Gasteiger partial charge on any atom is -0.326 e. The molecule has 0 aliphatic carbocycles. The molecule has 0 saturated heterocycles. The van der Waals surface area contributed by atoms with E-state index in [1.54, 1.807) is 32.3 Å². The topological polar surface area (TPSA) is 64.0 Å². The van der Waals surface area contributed by atoms with Crippen LogP contribution in [0.1, 0.15) is 19.4 Å². The Hall–Kier alpha value is -2.59. The van der Waals surface area contributed by atoms with Crippen LogP contribution in [0, 0.1) is 15.3 Å². The molecule has 0 fully saturated rings. The van der Waals surface area contributed by atoms with E-state index in [4.69, 9.17) is 0 Å². The predicted octanol–water partition coefficient (Wildman–Crippen LogP) is 5.51. The first-order valence-corrected chi connectivity index (χ1v) is 11.6. The Kier molecular flexibility index (Phi) is 6.19. The van der Waals surface area contributed by atoms with Crippen LogP contribution in [0.5, 0.6) is 0 Å². The number of halogens is 2. The van der Waals surface area contributed by atoms with Crippen LogP contribution in [-0.4, -0.2) is 15.5 Å². The molecule has 0 bridgehead atoms. The summed E-state index contributed by atoms with van der Waals surface area (Å²) >= 11 is 3.54. The molecule has 4 rings (SSSR count). The lowest BCUT2D eigenvalue weighted by Gasteiger charge is -2.09. The van der Waals surface area contributed by atoms with Gasteiger partial charge in [-0.15, -0.1) is 11.3 Å². The van der Waals surface area contributed by atoms with Crippen LogP contribution in [0.2, 0.25) is 0 Å². The summed E-state index contributed by atoms with van der Waals surface area (Å²) in [7, 11) is 0. The maximum Gasteiger partial charge on any atom is 0.290 e. The predicted molar refractivity (Wildman–Crippen MR) is 131 cm³/mol. The molecule has 0 atom stereocenters. The molecule has 2 heterocycles. The van der Waals surface area contributed by atoms with E-state index in [2.05, 4.69) is 32.9 Å². The maximum absolute atomic E-state index is 14.6. The summed E-state index contributed by atoms with van der Waals surface area (Å²) in [6.07, 6.45) is 1.55. The van der Waals surface area contributed by atoms with Gasteiger partial charge in [-0.2, -0.15) is 4.98 Å². The van der Waals surface area contributed by atoms with Crippen molar-refractivity contribution in [1.29, 1.82) is 0 Å². The first-order chi connectivity index (χ1) is 14.8. The Morgan fingerprint density at radius 1 is 1.19 bits per heavy atom. The van der Waals surface area contributed by atoms with Crippen molar-refractivity contribution in [1.82, 2.24) is 9.55 Å². The van der Waals surface area contributed by atoms with Gasteiger partial charge in [-0.3, -0.25) is 9.59 Å². The molecule has 1 N–H and O–H groups in total. The lowest BCUT2D eigenvalue weighted by molar-refractivity contribution is -0.118. The monoisotopic (exact) mass is 547 g/mol. The second-order valence-corrected chi connectivity index (χ2v) is 9.77. The molecule has 4 aromatic rings. The number of nitrogens with zero attached hydrogens (tertiary/aromatic N) is 2. The normalized spacial score (nSPS) is 11.3. The maximum atomic E-state index is 14.6. The van der Waals surface area contributed by atoms with Crippen molar-refractivity contribution in [3.63, 3.8) is 0 Å². The summed E-state index contributed by atoms with van der Waals surface area (Å²) in [4.78, 5) is 29.0. The molecule has 0 unspecified atom stereocenters. The molecule has 0 radical (unpaired) electrons. The third-order valence-corrected chi connectivity index (χ3v) is 6.71. The zero-order valence-corrected chi connectivity index (χ0v) is 19.8. The zero-order valence-electron chi connectivity index (χ0n) is 16.9. The molecule has 0 aliphatic heterocycles. The second kappa shape index (κ2) is 8.88. The third kappa shape index (κ3) is 4.69. The van der Waals surface area contributed by atoms with Gasteiger partial charge < -0.3 is 9.88 Å². The molecule has 8 heteroatoms. The van der Waals surface area contributed by atoms with Crippen molar-refractivity contribution in [3.8, 4) is 10.4 Å². The Labute approximate surface area is 196 Å². The summed E-state index contributed by atoms with van der Waals surface area (Å²) in [5, 5.41) is 2.59. The van der Waals surface area contributed by atoms with Crippen molar-refractivity contribution in [2.45, 2.75) is 20.4 Å². The van der Waals surface area contributed by atoms with E-state index >= 15 is 0 Å². The molecule has 0 aliphatic rings. The van der Waals surface area contributed by atoms with Crippen LogP contribution < -0.4 is 10.9 Å². The smallest absolute Gasteiger partial charge is 0.290 e. The van der Waals surface area contributed by atoms with Gasteiger partial charge in [0.25, 0.3) is 5.56 Å². The van der Waals surface area contributed by atoms with E-state index in [0.717, 1.165) is 19.5 Å². The number of aromatic nitrogens is 2. The third-order valence-electron chi connectivity index (χ3n) is 4.83. The fraction of sp³-hybridized carbons (Fsp3) is 0.174. The Morgan fingerprint density at radius 3 is 2.61 bits per heavy atom. The van der Waals surface area contributed by atoms with Crippen LogP contribution in [0.25, 0.3) is 20.7 Å². The van der Waals surface area contributed by atoms with Crippen molar-refractivity contribution >= 4 is 55.7 Å². The highest BCUT2D eigenvalue weighted by atomic mass is 127. The van der Waals surface area contributed by atoms with E-state index < -0.39 is 5.82 Å². The van der Waals surface area contributed by atoms with Crippen molar-refractivity contribution < 1.29 is 9.18 Å². The Balaban J connectivity index is 1.70. The van der Waals surface area contributed by atoms with Crippen LogP contribution >= 0.6 is 33.9 Å². The average Bonchev–Trinajstić information content (AvgIpc) is 3.19. The number of amides is 1. The van der Waals surface area contributed by atoms with Gasteiger partial charge in [-0.25, -0.2) is 4.39 Å². The summed E-state index contributed by atoms with van der Waals surface area (Å²) in [5.41, 5.74) is 2.34. The molecular formula is C23H19FIN3O2S. The number of benzene rings is 2. The molecule has 2 aromatic carbocycles. The minimum absolute atomic E-state index is 0.142. The van der Waals surface area contributed by atoms with E-state index in [1.807, 2.05) is 34.9 Å². The van der Waals surface area contributed by atoms with Crippen molar-refractivity contribution in [3.05, 3.63) is 80.2 Å². The van der Waals surface area contributed by atoms with Gasteiger partial charge in [0.2, 0.25) is 5.91 Å². The van der Waals surface area contributed by atoms with Crippen molar-refractivity contribution in [2.75, 3.05) is 5.32 Å². The fourth-order valence-corrected chi connectivity index (χ4v) is 4.51. The second-order valence-electron chi connectivity index (χ2n) is 7.47. The van der Waals surface area contributed by atoms with Crippen LogP contribution in [0.4, 0.5) is 10.1 Å². The van der Waals surface area contributed by atoms with Gasteiger partial charge in [-0.1, -0.05) is 32.0 Å². The number of hydrogen-bond donors (Lipinski definition) is 1. The van der Waals surface area contributed by atoms with Gasteiger partial charge in [0.1, 0.15) is 10.5 Å². The van der Waals surface area contributed by atoms with Crippen molar-refractivity contribution in [2.24, 2.45) is 5.92 Å². The SMILES string of the molecule is CC(C)C(=O)Nc1ccc(-c2cc3c(s2)c(=O)ncn3Cc2ccc(I)cc2)cc1F. The number of hydrogen-bond acceptors (Lipinski definition) is 4. The summed E-state index contributed by atoms with van der Waals surface area (Å²) < 4.78 is 18.2. The Bertz CT molecular complexity index is 1330. The van der Waals surface area contributed by atoms with Crippen LogP contribution in [0.3, 0.4) is 0 Å². The summed E-state index contributed by atoms with van der Waals surface area (Å²) in [6.45, 7) is 4.07. The highest BCUT2D eigenvalue weighted by Crippen LogP contribution is 2.33. The minimum atomic E-state index is -0.517. The van der Waals surface area contributed by atoms with Gasteiger partial charge in [-0.05, 0) is 64.0 Å². The van der Waals surface area contributed by atoms with Crippen LogP contribution in [0.15, 0.2) is 59.7 Å². The molecule has 31 heavy (non-hydrogen) atoms. The zero-order chi connectivity index (χ0) is 22.1. The van der Waals surface area contributed by atoms with Gasteiger partial charge in [0.15, 0.2) is 0 Å². The van der Waals surface area contributed by atoms with E-state index in [1.165, 1.54) is 17.4 Å². The molecule has 0 saturated carbocycles. The number of anilines is 1. The number of nitrogens with one attached hydrogen (secondary N) is 1. The molecule has 0 spiro atoms. The lowest BCUT2D eigenvalue weighted by atomic mass is 10.1. The summed E-state index contributed by atoms with van der Waals surface area (Å²) in [5.74, 6) is -1.00. The molecular weight excluding hydrogens is 528 g/mol. The largest absolute Gasteiger partial charge is 0.326 e. The summed E-state index contributed by atoms with van der Waals surface area (Å²) in [6, 6.07) is 14.7. The lowest BCUT2D eigenvalue weighted by Crippen LogP contribution is -2.18. The van der Waals surface area contributed by atoms with E-state index in [-0.39, 0.29) is 23.1 Å². The van der Waals surface area contributed by atoms with Gasteiger partial charge in [0.05, 0.1) is 17.5 Å². The van der Waals surface area contributed by atoms with E-state index in [0.29, 0.717) is 16.8 Å². The molecule has 2 aromatic heterocycles. The first-order valence-electron chi connectivity index (χ1n) is 9.66. The van der Waals surface area contributed by atoms with Gasteiger partial charge >= 0.3 is 0 Å². The first kappa shape index (κ1) is 21.6. The quantitative estimate of drug-likeness (QED) is 0.335. The number of fused-ring (bicyclic) bond motifs is 1. The highest BCUT2D eigenvalue weighted by Gasteiger charge is 2.15. The number of rotatable bonds is 5. The Morgan fingerprint density at radius 2 is 1.94 bits per heavy atom. The number of thiophene rings is 1. The van der Waals surface area contributed by atoms with E-state index in [9.17, 15) is 14.0 Å². The van der Waals surface area contributed by atoms with Crippen LogP contribution in [-0.2, 0) is 11.3 Å². The highest BCUT2D eigenvalue weighted by molar-refractivity contribution is 14.1.